The fourth-order valence-electron chi connectivity index (χ4n) is 2.35. The van der Waals surface area contributed by atoms with Crippen LogP contribution in [0.5, 0.6) is 0 Å². The Bertz CT molecular complexity index is 684. The molecule has 0 bridgehead atoms. The van der Waals surface area contributed by atoms with Crippen molar-refractivity contribution in [3.05, 3.63) is 33.8 Å². The maximum Gasteiger partial charge on any atom is 0.290 e. The van der Waals surface area contributed by atoms with E-state index < -0.39 is 4.92 Å². The summed E-state index contributed by atoms with van der Waals surface area (Å²) < 4.78 is 5.59. The van der Waals surface area contributed by atoms with Gasteiger partial charge in [-0.1, -0.05) is 0 Å². The monoisotopic (exact) mass is 321 g/mol. The molecule has 0 unspecified atom stereocenters. The average molecular weight is 321 g/mol. The summed E-state index contributed by atoms with van der Waals surface area (Å²) in [6, 6.07) is 3.02. The van der Waals surface area contributed by atoms with Crippen LogP contribution in [-0.4, -0.2) is 38.1 Å². The van der Waals surface area contributed by atoms with Gasteiger partial charge in [-0.3, -0.25) is 15.0 Å². The molecule has 3 rings (SSSR count). The summed E-state index contributed by atoms with van der Waals surface area (Å²) in [5.74, 6) is 0.586. The topological polar surface area (TPSA) is 98.2 Å². The molecule has 9 heteroatoms. The van der Waals surface area contributed by atoms with Crippen molar-refractivity contribution >= 4 is 17.4 Å². The Hall–Kier alpha value is -2.00. The summed E-state index contributed by atoms with van der Waals surface area (Å²) in [5.41, 5.74) is 0.372. The molecule has 0 aromatic carbocycles. The fraction of sp³-hybridized carbons (Fsp3) is 0.462. The van der Waals surface area contributed by atoms with Gasteiger partial charge in [0.15, 0.2) is 0 Å². The fourth-order valence-corrected chi connectivity index (χ4v) is 3.06. The lowest BCUT2D eigenvalue weighted by Crippen LogP contribution is -2.18. The van der Waals surface area contributed by atoms with Gasteiger partial charge < -0.3 is 4.42 Å². The first-order valence-corrected chi connectivity index (χ1v) is 7.78. The highest BCUT2D eigenvalue weighted by Crippen LogP contribution is 2.27. The standard InChI is InChI=1S/C13H15N5O3S/c1-9-10(18(19)20)4-5-12(14-9)22-13-16-15-11(21-13)8-17-6-2-3-7-17/h4-5H,2-3,6-8H2,1H3. The molecule has 1 aliphatic rings. The number of pyridine rings is 1. The first-order valence-electron chi connectivity index (χ1n) is 6.96. The zero-order valence-electron chi connectivity index (χ0n) is 12.1. The van der Waals surface area contributed by atoms with Crippen molar-refractivity contribution in [3.8, 4) is 0 Å². The number of aryl methyl sites for hydroxylation is 1. The Morgan fingerprint density at radius 3 is 2.82 bits per heavy atom. The lowest BCUT2D eigenvalue weighted by Gasteiger charge is -2.10. The minimum Gasteiger partial charge on any atom is -0.414 e. The van der Waals surface area contributed by atoms with Crippen molar-refractivity contribution < 1.29 is 9.34 Å². The van der Waals surface area contributed by atoms with Crippen molar-refractivity contribution in [1.82, 2.24) is 20.1 Å². The number of aromatic nitrogens is 3. The Kier molecular flexibility index (Phi) is 4.34. The molecule has 0 atom stereocenters. The largest absolute Gasteiger partial charge is 0.414 e. The maximum atomic E-state index is 10.8. The van der Waals surface area contributed by atoms with Gasteiger partial charge in [0, 0.05) is 6.07 Å². The van der Waals surface area contributed by atoms with E-state index in [9.17, 15) is 10.1 Å². The third-order valence-corrected chi connectivity index (χ3v) is 4.20. The van der Waals surface area contributed by atoms with Crippen LogP contribution in [0, 0.1) is 17.0 Å². The van der Waals surface area contributed by atoms with E-state index in [1.165, 1.54) is 30.7 Å². The second-order valence-electron chi connectivity index (χ2n) is 5.06. The van der Waals surface area contributed by atoms with E-state index in [2.05, 4.69) is 20.1 Å². The molecular formula is C13H15N5O3S. The van der Waals surface area contributed by atoms with Crippen LogP contribution in [0.4, 0.5) is 5.69 Å². The van der Waals surface area contributed by atoms with E-state index in [0.717, 1.165) is 13.1 Å². The van der Waals surface area contributed by atoms with Crippen LogP contribution in [0.3, 0.4) is 0 Å². The molecule has 3 heterocycles. The van der Waals surface area contributed by atoms with Crippen LogP contribution in [0.1, 0.15) is 24.4 Å². The smallest absolute Gasteiger partial charge is 0.290 e. The number of nitro groups is 1. The van der Waals surface area contributed by atoms with E-state index in [4.69, 9.17) is 4.42 Å². The summed E-state index contributed by atoms with van der Waals surface area (Å²) in [5, 5.41) is 19.8. The third-order valence-electron chi connectivity index (χ3n) is 3.43. The second kappa shape index (κ2) is 6.41. The normalized spacial score (nSPS) is 15.3. The van der Waals surface area contributed by atoms with Gasteiger partial charge in [-0.25, -0.2) is 4.98 Å². The summed E-state index contributed by atoms with van der Waals surface area (Å²) in [4.78, 5) is 16.8. The van der Waals surface area contributed by atoms with Crippen LogP contribution in [0.15, 0.2) is 26.8 Å². The van der Waals surface area contributed by atoms with Crippen molar-refractivity contribution in [2.24, 2.45) is 0 Å². The highest BCUT2D eigenvalue weighted by Gasteiger charge is 2.17. The van der Waals surface area contributed by atoms with E-state index in [-0.39, 0.29) is 5.69 Å². The van der Waals surface area contributed by atoms with Crippen LogP contribution in [0.25, 0.3) is 0 Å². The Labute approximate surface area is 131 Å². The molecule has 1 aliphatic heterocycles. The zero-order chi connectivity index (χ0) is 15.5. The van der Waals surface area contributed by atoms with Crippen molar-refractivity contribution in [1.29, 1.82) is 0 Å². The summed E-state index contributed by atoms with van der Waals surface area (Å²) >= 11 is 1.21. The molecule has 0 aliphatic carbocycles. The number of likely N-dealkylation sites (tertiary alicyclic amines) is 1. The number of hydrogen-bond donors (Lipinski definition) is 0. The minimum absolute atomic E-state index is 0.00426. The van der Waals surface area contributed by atoms with E-state index in [0.29, 0.717) is 28.4 Å². The number of rotatable bonds is 5. The molecule has 1 saturated heterocycles. The summed E-state index contributed by atoms with van der Waals surface area (Å²) in [7, 11) is 0. The molecule has 0 saturated carbocycles. The molecule has 2 aromatic rings. The highest BCUT2D eigenvalue weighted by molar-refractivity contribution is 7.99. The zero-order valence-corrected chi connectivity index (χ0v) is 12.9. The minimum atomic E-state index is -0.447. The SMILES string of the molecule is Cc1nc(Sc2nnc(CN3CCCC3)o2)ccc1[N+](=O)[O-]. The number of nitrogens with zero attached hydrogens (tertiary/aromatic N) is 5. The highest BCUT2D eigenvalue weighted by atomic mass is 32.2. The van der Waals surface area contributed by atoms with Crippen LogP contribution in [-0.2, 0) is 6.54 Å². The van der Waals surface area contributed by atoms with Crippen molar-refractivity contribution in [2.45, 2.75) is 36.6 Å². The van der Waals surface area contributed by atoms with Gasteiger partial charge >= 0.3 is 0 Å². The molecule has 1 fully saturated rings. The first-order chi connectivity index (χ1) is 10.6. The molecule has 8 nitrogen and oxygen atoms in total. The Morgan fingerprint density at radius 2 is 2.14 bits per heavy atom. The molecule has 116 valence electrons. The average Bonchev–Trinajstić information content (AvgIpc) is 3.11. The molecule has 0 spiro atoms. The van der Waals surface area contributed by atoms with Gasteiger partial charge in [0.1, 0.15) is 10.7 Å². The van der Waals surface area contributed by atoms with Gasteiger partial charge in [0.05, 0.1) is 11.5 Å². The maximum absolute atomic E-state index is 10.8. The molecule has 0 N–H and O–H groups in total. The van der Waals surface area contributed by atoms with E-state index >= 15 is 0 Å². The predicted octanol–water partition coefficient (Wildman–Crippen LogP) is 2.43. The van der Waals surface area contributed by atoms with Gasteiger partial charge in [-0.15, -0.1) is 10.2 Å². The summed E-state index contributed by atoms with van der Waals surface area (Å²) in [6.45, 7) is 4.40. The van der Waals surface area contributed by atoms with Crippen LogP contribution >= 0.6 is 11.8 Å². The molecule has 22 heavy (non-hydrogen) atoms. The van der Waals surface area contributed by atoms with Gasteiger partial charge in [-0.2, -0.15) is 0 Å². The summed E-state index contributed by atoms with van der Waals surface area (Å²) in [6.07, 6.45) is 2.42. The number of hydrogen-bond acceptors (Lipinski definition) is 8. The predicted molar refractivity (Wildman–Crippen MR) is 78.6 cm³/mol. The molecule has 0 amide bonds. The van der Waals surface area contributed by atoms with Gasteiger partial charge in [0.25, 0.3) is 10.9 Å². The Morgan fingerprint density at radius 1 is 1.36 bits per heavy atom. The molecular weight excluding hydrogens is 306 g/mol. The van der Waals surface area contributed by atoms with Crippen LogP contribution < -0.4 is 0 Å². The van der Waals surface area contributed by atoms with Gasteiger partial charge in [-0.05, 0) is 50.7 Å². The van der Waals surface area contributed by atoms with E-state index in [1.807, 2.05) is 0 Å². The lowest BCUT2D eigenvalue weighted by molar-refractivity contribution is -0.385. The quantitative estimate of drug-likeness (QED) is 0.611. The van der Waals surface area contributed by atoms with Crippen molar-refractivity contribution in [3.63, 3.8) is 0 Å². The first kappa shape index (κ1) is 14.9. The van der Waals surface area contributed by atoms with E-state index in [1.54, 1.807) is 13.0 Å². The Balaban J connectivity index is 1.67. The van der Waals surface area contributed by atoms with Crippen LogP contribution in [0.2, 0.25) is 0 Å². The molecule has 2 aromatic heterocycles. The third kappa shape index (κ3) is 3.42. The van der Waals surface area contributed by atoms with Gasteiger partial charge in [0.2, 0.25) is 5.89 Å². The lowest BCUT2D eigenvalue weighted by atomic mass is 10.3. The second-order valence-corrected chi connectivity index (χ2v) is 6.03. The molecule has 0 radical (unpaired) electrons. The van der Waals surface area contributed by atoms with Crippen molar-refractivity contribution in [2.75, 3.05) is 13.1 Å².